The van der Waals surface area contributed by atoms with E-state index in [2.05, 4.69) is 21.8 Å². The van der Waals surface area contributed by atoms with Gasteiger partial charge in [0.1, 0.15) is 5.69 Å². The molecule has 2 aromatic heterocycles. The van der Waals surface area contributed by atoms with Gasteiger partial charge in [0.25, 0.3) is 5.91 Å². The third kappa shape index (κ3) is 5.50. The molecule has 0 bridgehead atoms. The molecule has 0 aliphatic carbocycles. The molecule has 0 radical (unpaired) electrons. The van der Waals surface area contributed by atoms with Gasteiger partial charge in [0.2, 0.25) is 5.95 Å². The van der Waals surface area contributed by atoms with Crippen LogP contribution in [0.3, 0.4) is 0 Å². The number of carbonyl (C=O) groups is 2. The molecule has 168 valence electrons. The van der Waals surface area contributed by atoms with Crippen molar-refractivity contribution in [2.45, 2.75) is 38.8 Å². The van der Waals surface area contributed by atoms with Crippen molar-refractivity contribution in [3.8, 4) is 0 Å². The van der Waals surface area contributed by atoms with Crippen LogP contribution in [0.5, 0.6) is 0 Å². The topological polar surface area (TPSA) is 115 Å². The Balaban J connectivity index is 0.000000339. The summed E-state index contributed by atoms with van der Waals surface area (Å²) >= 11 is 0. The fraction of sp³-hybridized carbons (Fsp3) is 0.526. The number of alkyl halides is 3. The van der Waals surface area contributed by atoms with E-state index in [0.29, 0.717) is 18.8 Å². The number of amides is 1. The van der Waals surface area contributed by atoms with Gasteiger partial charge in [-0.05, 0) is 31.7 Å². The van der Waals surface area contributed by atoms with Gasteiger partial charge in [-0.2, -0.15) is 13.2 Å². The average molecular weight is 440 g/mol. The Morgan fingerprint density at radius 3 is 2.32 bits per heavy atom. The molecular formula is C19H23F3N6O3. The van der Waals surface area contributed by atoms with Crippen molar-refractivity contribution in [1.82, 2.24) is 24.8 Å². The predicted molar refractivity (Wildman–Crippen MR) is 104 cm³/mol. The first kappa shape index (κ1) is 22.5. The van der Waals surface area contributed by atoms with Crippen LogP contribution >= 0.6 is 0 Å². The summed E-state index contributed by atoms with van der Waals surface area (Å²) in [5.74, 6) is -1.89. The van der Waals surface area contributed by atoms with Crippen LogP contribution in [0.25, 0.3) is 0 Å². The minimum Gasteiger partial charge on any atom is -0.475 e. The number of aliphatic carboxylic acids is 1. The predicted octanol–water partition coefficient (Wildman–Crippen LogP) is 1.98. The van der Waals surface area contributed by atoms with Gasteiger partial charge in [0, 0.05) is 38.3 Å². The number of carboxylic acids is 1. The van der Waals surface area contributed by atoms with Crippen molar-refractivity contribution in [3.63, 3.8) is 0 Å². The Kier molecular flexibility index (Phi) is 6.76. The van der Waals surface area contributed by atoms with E-state index >= 15 is 0 Å². The Hall–Kier alpha value is -3.18. The second-order valence-corrected chi connectivity index (χ2v) is 7.29. The number of hydrogen-bond acceptors (Lipinski definition) is 6. The van der Waals surface area contributed by atoms with Crippen molar-refractivity contribution in [3.05, 3.63) is 35.2 Å². The van der Waals surface area contributed by atoms with Gasteiger partial charge in [-0.15, -0.1) is 0 Å². The number of anilines is 1. The Labute approximate surface area is 176 Å². The first-order chi connectivity index (χ1) is 14.7. The minimum atomic E-state index is -5.08. The molecule has 4 rings (SSSR count). The highest BCUT2D eigenvalue weighted by Gasteiger charge is 2.38. The number of aryl methyl sites for hydroxylation is 1. The van der Waals surface area contributed by atoms with Crippen molar-refractivity contribution in [1.29, 1.82) is 0 Å². The fourth-order valence-electron chi connectivity index (χ4n) is 3.58. The second kappa shape index (κ2) is 9.31. The summed E-state index contributed by atoms with van der Waals surface area (Å²) in [6.07, 6.45) is 2.05. The molecule has 4 heterocycles. The number of fused-ring (bicyclic) bond motifs is 1. The number of aromatic amines is 1. The summed E-state index contributed by atoms with van der Waals surface area (Å²) in [5, 5.41) is 7.12. The van der Waals surface area contributed by atoms with Gasteiger partial charge in [0.15, 0.2) is 0 Å². The Bertz CT molecular complexity index is 927. The van der Waals surface area contributed by atoms with Crippen LogP contribution < -0.4 is 4.90 Å². The number of carboxylic acid groups (broad SMARTS) is 1. The van der Waals surface area contributed by atoms with Crippen molar-refractivity contribution >= 4 is 17.8 Å². The maximum absolute atomic E-state index is 12.5. The maximum Gasteiger partial charge on any atom is 0.490 e. The quantitative estimate of drug-likeness (QED) is 0.734. The Morgan fingerprint density at radius 1 is 1.10 bits per heavy atom. The molecule has 9 nitrogen and oxygen atoms in total. The normalized spacial score (nSPS) is 16.3. The minimum absolute atomic E-state index is 0.00526. The molecule has 1 saturated heterocycles. The summed E-state index contributed by atoms with van der Waals surface area (Å²) in [6, 6.07) is 0. The van der Waals surface area contributed by atoms with E-state index in [4.69, 9.17) is 19.9 Å². The van der Waals surface area contributed by atoms with Crippen LogP contribution in [-0.2, 0) is 17.6 Å². The van der Waals surface area contributed by atoms with E-state index < -0.39 is 12.1 Å². The molecule has 0 atom stereocenters. The molecule has 12 heteroatoms. The highest BCUT2D eigenvalue weighted by Crippen LogP contribution is 2.23. The van der Waals surface area contributed by atoms with Gasteiger partial charge in [-0.25, -0.2) is 19.7 Å². The Morgan fingerprint density at radius 2 is 1.74 bits per heavy atom. The highest BCUT2D eigenvalue weighted by atomic mass is 19.4. The smallest absolute Gasteiger partial charge is 0.475 e. The largest absolute Gasteiger partial charge is 0.490 e. The highest BCUT2D eigenvalue weighted by molar-refractivity contribution is 5.92. The van der Waals surface area contributed by atoms with Gasteiger partial charge in [-0.3, -0.25) is 4.79 Å². The molecule has 0 saturated carbocycles. The lowest BCUT2D eigenvalue weighted by molar-refractivity contribution is -0.192. The van der Waals surface area contributed by atoms with Crippen LogP contribution in [0.2, 0.25) is 0 Å². The number of hydrogen-bond donors (Lipinski definition) is 2. The van der Waals surface area contributed by atoms with Crippen LogP contribution in [0.15, 0.2) is 12.5 Å². The summed E-state index contributed by atoms with van der Waals surface area (Å²) in [6.45, 7) is 5.52. The first-order valence-corrected chi connectivity index (χ1v) is 9.86. The lowest BCUT2D eigenvalue weighted by atomic mass is 10.1. The molecule has 31 heavy (non-hydrogen) atoms. The summed E-state index contributed by atoms with van der Waals surface area (Å²) in [5.41, 5.74) is 3.90. The lowest BCUT2D eigenvalue weighted by Crippen LogP contribution is -2.33. The molecule has 2 N–H and O–H groups in total. The number of nitrogens with one attached hydrogen (secondary N) is 1. The number of halogens is 3. The monoisotopic (exact) mass is 440 g/mol. The zero-order valence-corrected chi connectivity index (χ0v) is 16.9. The number of nitrogens with zero attached hydrogens (tertiary/aromatic N) is 5. The molecule has 0 spiro atoms. The third-order valence-corrected chi connectivity index (χ3v) is 5.19. The molecule has 2 aliphatic heterocycles. The average Bonchev–Trinajstić information content (AvgIpc) is 3.39. The van der Waals surface area contributed by atoms with E-state index in [1.807, 2.05) is 4.90 Å². The molecule has 2 aliphatic rings. The van der Waals surface area contributed by atoms with Gasteiger partial charge in [0.05, 0.1) is 18.2 Å². The summed E-state index contributed by atoms with van der Waals surface area (Å²) in [7, 11) is 0. The zero-order chi connectivity index (χ0) is 22.6. The van der Waals surface area contributed by atoms with E-state index in [1.165, 1.54) is 24.7 Å². The van der Waals surface area contributed by atoms with Gasteiger partial charge < -0.3 is 19.9 Å². The van der Waals surface area contributed by atoms with Crippen molar-refractivity contribution in [2.24, 2.45) is 0 Å². The molecule has 2 aromatic rings. The molecule has 0 aromatic carbocycles. The molecular weight excluding hydrogens is 417 g/mol. The summed E-state index contributed by atoms with van der Waals surface area (Å²) in [4.78, 5) is 42.0. The summed E-state index contributed by atoms with van der Waals surface area (Å²) < 4.78 is 31.7. The fourth-order valence-corrected chi connectivity index (χ4v) is 3.58. The zero-order valence-electron chi connectivity index (χ0n) is 16.9. The number of rotatable bonds is 2. The molecule has 1 amide bonds. The first-order valence-electron chi connectivity index (χ1n) is 9.86. The lowest BCUT2D eigenvalue weighted by Gasteiger charge is -2.18. The number of aromatic nitrogens is 4. The molecule has 0 unspecified atom stereocenters. The van der Waals surface area contributed by atoms with E-state index in [9.17, 15) is 18.0 Å². The van der Waals surface area contributed by atoms with E-state index in [-0.39, 0.29) is 5.91 Å². The van der Waals surface area contributed by atoms with Gasteiger partial charge >= 0.3 is 12.1 Å². The SMILES string of the molecule is Cc1nc(N2CCCC2)nc2c1CCN(C(=O)c1cnc[nH]1)CC2.O=C(O)C(F)(F)F. The van der Waals surface area contributed by atoms with Crippen LogP contribution in [0.1, 0.15) is 40.3 Å². The van der Waals surface area contributed by atoms with E-state index in [1.54, 1.807) is 6.20 Å². The van der Waals surface area contributed by atoms with E-state index in [0.717, 1.165) is 43.3 Å². The standard InChI is InChI=1S/C17H22N6O.C2HF3O2/c1-12-13-4-8-22(16(24)15-10-18-11-19-15)9-5-14(13)21-17(20-12)23-6-2-3-7-23;3-2(4,5)1(6)7/h10-11H,2-9H2,1H3,(H,18,19);(H,6,7). The van der Waals surface area contributed by atoms with Crippen molar-refractivity contribution < 1.29 is 27.9 Å². The third-order valence-electron chi connectivity index (χ3n) is 5.19. The number of H-pyrrole nitrogens is 1. The van der Waals surface area contributed by atoms with Crippen LogP contribution in [0, 0.1) is 6.92 Å². The van der Waals surface area contributed by atoms with Crippen LogP contribution in [0.4, 0.5) is 19.1 Å². The van der Waals surface area contributed by atoms with Crippen molar-refractivity contribution in [2.75, 3.05) is 31.1 Å². The maximum atomic E-state index is 12.5. The number of imidazole rings is 1. The van der Waals surface area contributed by atoms with Gasteiger partial charge in [-0.1, -0.05) is 0 Å². The molecule has 1 fully saturated rings. The second-order valence-electron chi connectivity index (χ2n) is 7.29. The number of carbonyl (C=O) groups excluding carboxylic acids is 1. The van der Waals surface area contributed by atoms with Crippen LogP contribution in [-0.4, -0.2) is 74.2 Å².